The third kappa shape index (κ3) is 1.65. The lowest BCUT2D eigenvalue weighted by Crippen LogP contribution is -2.02. The average Bonchev–Trinajstić information content (AvgIpc) is 2.97. The molecule has 0 amide bonds. The van der Waals surface area contributed by atoms with E-state index in [2.05, 4.69) is 4.98 Å². The van der Waals surface area contributed by atoms with Crippen LogP contribution in [0.1, 0.15) is 18.0 Å². The minimum atomic E-state index is 0.593. The number of nitrogens with two attached hydrogens (primary N) is 1. The molecule has 3 nitrogen and oxygen atoms in total. The van der Waals surface area contributed by atoms with E-state index < -0.39 is 0 Å². The normalized spacial score (nSPS) is 25.7. The summed E-state index contributed by atoms with van der Waals surface area (Å²) >= 11 is 0. The molecule has 2 atom stereocenters. The Morgan fingerprint density at radius 1 is 1.62 bits per heavy atom. The van der Waals surface area contributed by atoms with Gasteiger partial charge in [0.05, 0.1) is 13.3 Å². The van der Waals surface area contributed by atoms with Crippen molar-refractivity contribution in [3.63, 3.8) is 0 Å². The second-order valence-electron chi connectivity index (χ2n) is 3.46. The van der Waals surface area contributed by atoms with Crippen molar-refractivity contribution < 1.29 is 4.74 Å². The van der Waals surface area contributed by atoms with Gasteiger partial charge in [-0.2, -0.15) is 0 Å². The SMILES string of the molecule is COc1ccc(C2CC2CN)nc1. The lowest BCUT2D eigenvalue weighted by atomic mass is 10.2. The van der Waals surface area contributed by atoms with Crippen molar-refractivity contribution in [2.24, 2.45) is 11.7 Å². The molecule has 2 N–H and O–H groups in total. The van der Waals surface area contributed by atoms with E-state index in [1.165, 1.54) is 6.42 Å². The van der Waals surface area contributed by atoms with Crippen molar-refractivity contribution in [2.45, 2.75) is 12.3 Å². The number of aromatic nitrogens is 1. The van der Waals surface area contributed by atoms with Crippen LogP contribution in [0.3, 0.4) is 0 Å². The van der Waals surface area contributed by atoms with E-state index in [1.54, 1.807) is 13.3 Å². The summed E-state index contributed by atoms with van der Waals surface area (Å²) in [6, 6.07) is 3.98. The van der Waals surface area contributed by atoms with Crippen LogP contribution in [0.25, 0.3) is 0 Å². The number of nitrogens with zero attached hydrogens (tertiary/aromatic N) is 1. The van der Waals surface area contributed by atoms with Crippen LogP contribution in [0.4, 0.5) is 0 Å². The van der Waals surface area contributed by atoms with E-state index in [9.17, 15) is 0 Å². The summed E-state index contributed by atoms with van der Waals surface area (Å²) in [4.78, 5) is 4.33. The summed E-state index contributed by atoms with van der Waals surface area (Å²) in [7, 11) is 1.65. The van der Waals surface area contributed by atoms with Crippen molar-refractivity contribution in [3.8, 4) is 5.75 Å². The van der Waals surface area contributed by atoms with Crippen LogP contribution in [0.15, 0.2) is 18.3 Å². The molecule has 1 aromatic heterocycles. The smallest absolute Gasteiger partial charge is 0.137 e. The van der Waals surface area contributed by atoms with Crippen LogP contribution < -0.4 is 10.5 Å². The maximum Gasteiger partial charge on any atom is 0.137 e. The topological polar surface area (TPSA) is 48.1 Å². The van der Waals surface area contributed by atoms with E-state index in [0.29, 0.717) is 11.8 Å². The highest BCUT2D eigenvalue weighted by molar-refractivity contribution is 5.25. The fraction of sp³-hybridized carbons (Fsp3) is 0.500. The fourth-order valence-corrected chi connectivity index (χ4v) is 1.60. The van der Waals surface area contributed by atoms with E-state index in [4.69, 9.17) is 10.5 Å². The van der Waals surface area contributed by atoms with Crippen molar-refractivity contribution >= 4 is 0 Å². The Hall–Kier alpha value is -1.09. The highest BCUT2D eigenvalue weighted by Crippen LogP contribution is 2.45. The Morgan fingerprint density at radius 3 is 2.92 bits per heavy atom. The Kier molecular flexibility index (Phi) is 2.19. The maximum atomic E-state index is 5.57. The summed E-state index contributed by atoms with van der Waals surface area (Å²) in [5, 5.41) is 0. The first kappa shape index (κ1) is 8.51. The summed E-state index contributed by atoms with van der Waals surface area (Å²) < 4.78 is 5.04. The predicted molar refractivity (Wildman–Crippen MR) is 50.7 cm³/mol. The number of ether oxygens (including phenoxy) is 1. The first-order valence-electron chi connectivity index (χ1n) is 4.55. The molecule has 0 spiro atoms. The van der Waals surface area contributed by atoms with E-state index in [1.807, 2.05) is 12.1 Å². The number of hydrogen-bond acceptors (Lipinski definition) is 3. The zero-order valence-electron chi connectivity index (χ0n) is 7.73. The Labute approximate surface area is 77.9 Å². The summed E-state index contributed by atoms with van der Waals surface area (Å²) in [6.07, 6.45) is 2.96. The molecular formula is C10H14N2O. The van der Waals surface area contributed by atoms with Crippen LogP contribution in [-0.2, 0) is 0 Å². The summed E-state index contributed by atoms with van der Waals surface area (Å²) in [6.45, 7) is 0.776. The fourth-order valence-electron chi connectivity index (χ4n) is 1.60. The molecule has 0 radical (unpaired) electrons. The molecule has 2 unspecified atom stereocenters. The number of rotatable bonds is 3. The van der Waals surface area contributed by atoms with E-state index in [0.717, 1.165) is 18.0 Å². The van der Waals surface area contributed by atoms with Gasteiger partial charge >= 0.3 is 0 Å². The highest BCUT2D eigenvalue weighted by atomic mass is 16.5. The number of methoxy groups -OCH3 is 1. The number of hydrogen-bond donors (Lipinski definition) is 1. The molecule has 1 aliphatic rings. The van der Waals surface area contributed by atoms with Crippen LogP contribution in [0.2, 0.25) is 0 Å². The molecule has 1 fully saturated rings. The molecule has 1 saturated carbocycles. The molecule has 0 aromatic carbocycles. The van der Waals surface area contributed by atoms with E-state index >= 15 is 0 Å². The van der Waals surface area contributed by atoms with Crippen molar-refractivity contribution in [2.75, 3.05) is 13.7 Å². The van der Waals surface area contributed by atoms with Gasteiger partial charge in [-0.25, -0.2) is 0 Å². The third-order valence-electron chi connectivity index (χ3n) is 2.60. The minimum absolute atomic E-state index is 0.593. The summed E-state index contributed by atoms with van der Waals surface area (Å²) in [5.74, 6) is 2.06. The first-order chi connectivity index (χ1) is 6.35. The molecule has 0 bridgehead atoms. The third-order valence-corrected chi connectivity index (χ3v) is 2.60. The summed E-state index contributed by atoms with van der Waals surface area (Å²) in [5.41, 5.74) is 6.71. The van der Waals surface area contributed by atoms with Crippen LogP contribution in [0.5, 0.6) is 5.75 Å². The Morgan fingerprint density at radius 2 is 2.46 bits per heavy atom. The quantitative estimate of drug-likeness (QED) is 0.755. The second kappa shape index (κ2) is 3.34. The van der Waals surface area contributed by atoms with Gasteiger partial charge in [-0.1, -0.05) is 0 Å². The lowest BCUT2D eigenvalue weighted by molar-refractivity contribution is 0.412. The standard InChI is InChI=1S/C10H14N2O/c1-13-8-2-3-10(12-6-8)9-4-7(9)5-11/h2-3,6-7,9H,4-5,11H2,1H3. The van der Waals surface area contributed by atoms with Crippen molar-refractivity contribution in [3.05, 3.63) is 24.0 Å². The average molecular weight is 178 g/mol. The number of pyridine rings is 1. The molecule has 3 heteroatoms. The Bertz CT molecular complexity index is 283. The van der Waals surface area contributed by atoms with Gasteiger partial charge in [-0.05, 0) is 31.0 Å². The van der Waals surface area contributed by atoms with Gasteiger partial charge in [0, 0.05) is 11.6 Å². The molecule has 1 aromatic rings. The lowest BCUT2D eigenvalue weighted by Gasteiger charge is -2.00. The van der Waals surface area contributed by atoms with Gasteiger partial charge in [0.25, 0.3) is 0 Å². The van der Waals surface area contributed by atoms with Gasteiger partial charge in [0.15, 0.2) is 0 Å². The van der Waals surface area contributed by atoms with Gasteiger partial charge < -0.3 is 10.5 Å². The zero-order chi connectivity index (χ0) is 9.26. The molecule has 1 heterocycles. The van der Waals surface area contributed by atoms with Gasteiger partial charge in [-0.3, -0.25) is 4.98 Å². The van der Waals surface area contributed by atoms with Crippen LogP contribution in [0, 0.1) is 5.92 Å². The molecule has 0 aliphatic heterocycles. The second-order valence-corrected chi connectivity index (χ2v) is 3.46. The molecule has 1 aliphatic carbocycles. The van der Waals surface area contributed by atoms with Gasteiger partial charge in [0.1, 0.15) is 5.75 Å². The zero-order valence-corrected chi connectivity index (χ0v) is 7.73. The van der Waals surface area contributed by atoms with Crippen LogP contribution >= 0.6 is 0 Å². The molecule has 0 saturated heterocycles. The predicted octanol–water partition coefficient (Wildman–Crippen LogP) is 1.15. The first-order valence-corrected chi connectivity index (χ1v) is 4.55. The Balaban J connectivity index is 2.07. The van der Waals surface area contributed by atoms with Crippen LogP contribution in [-0.4, -0.2) is 18.6 Å². The largest absolute Gasteiger partial charge is 0.495 e. The van der Waals surface area contributed by atoms with Gasteiger partial charge in [-0.15, -0.1) is 0 Å². The van der Waals surface area contributed by atoms with Crippen molar-refractivity contribution in [1.29, 1.82) is 0 Å². The molecular weight excluding hydrogens is 164 g/mol. The highest BCUT2D eigenvalue weighted by Gasteiger charge is 2.37. The monoisotopic (exact) mass is 178 g/mol. The minimum Gasteiger partial charge on any atom is -0.495 e. The molecule has 2 rings (SSSR count). The maximum absolute atomic E-state index is 5.57. The van der Waals surface area contributed by atoms with Crippen molar-refractivity contribution in [1.82, 2.24) is 4.98 Å². The molecule has 70 valence electrons. The molecule has 13 heavy (non-hydrogen) atoms. The van der Waals surface area contributed by atoms with E-state index in [-0.39, 0.29) is 0 Å². The van der Waals surface area contributed by atoms with Gasteiger partial charge in [0.2, 0.25) is 0 Å².